The Labute approximate surface area is 151 Å². The van der Waals surface area contributed by atoms with Crippen LogP contribution in [-0.2, 0) is 4.79 Å². The number of nitrogens with zero attached hydrogens (tertiary/aromatic N) is 1. The van der Waals surface area contributed by atoms with E-state index in [4.69, 9.17) is 5.73 Å². The van der Waals surface area contributed by atoms with Crippen molar-refractivity contribution in [1.29, 1.82) is 0 Å². The van der Waals surface area contributed by atoms with E-state index in [0.717, 1.165) is 11.1 Å². The molecule has 0 bridgehead atoms. The topological polar surface area (TPSA) is 97.1 Å². The minimum atomic E-state index is -0.268. The number of carbonyl (C=O) groups is 2. The van der Waals surface area contributed by atoms with Gasteiger partial charge in [0.2, 0.25) is 5.91 Å². The first-order valence-corrected chi connectivity index (χ1v) is 8.01. The second-order valence-electron chi connectivity index (χ2n) is 5.80. The largest absolute Gasteiger partial charge is 0.399 e. The highest BCUT2D eigenvalue weighted by atomic mass is 16.2. The van der Waals surface area contributed by atoms with E-state index >= 15 is 0 Å². The van der Waals surface area contributed by atoms with Crippen LogP contribution in [-0.4, -0.2) is 16.8 Å². The van der Waals surface area contributed by atoms with Crippen LogP contribution < -0.4 is 16.4 Å². The number of aromatic nitrogens is 1. The minimum Gasteiger partial charge on any atom is -0.399 e. The van der Waals surface area contributed by atoms with Gasteiger partial charge in [-0.1, -0.05) is 12.1 Å². The molecule has 3 aromatic rings. The Kier molecular flexibility index (Phi) is 4.94. The molecule has 2 aromatic carbocycles. The number of carbonyl (C=O) groups excluding carboxylic acids is 2. The second-order valence-corrected chi connectivity index (χ2v) is 5.80. The zero-order valence-electron chi connectivity index (χ0n) is 14.2. The van der Waals surface area contributed by atoms with Crippen molar-refractivity contribution in [3.63, 3.8) is 0 Å². The molecule has 3 rings (SSSR count). The average molecular weight is 346 g/mol. The smallest absolute Gasteiger partial charge is 0.257 e. The Morgan fingerprint density at radius 1 is 0.885 bits per heavy atom. The summed E-state index contributed by atoms with van der Waals surface area (Å²) in [6, 6.07) is 16.1. The highest BCUT2D eigenvalue weighted by Gasteiger charge is 2.09. The fraction of sp³-hybridized carbons (Fsp3) is 0.0500. The molecule has 4 N–H and O–H groups in total. The fourth-order valence-electron chi connectivity index (χ4n) is 2.48. The Morgan fingerprint density at radius 2 is 1.58 bits per heavy atom. The standard InChI is InChI=1S/C20H18N4O2/c1-13(25)23-18-5-7-19(8-6-18)24-20(26)16-9-15(11-22-12-16)14-3-2-4-17(21)10-14/h2-12H,21H2,1H3,(H,23,25)(H,24,26). The van der Waals surface area contributed by atoms with Crippen molar-refractivity contribution >= 4 is 28.9 Å². The van der Waals surface area contributed by atoms with Crippen LogP contribution >= 0.6 is 0 Å². The van der Waals surface area contributed by atoms with E-state index < -0.39 is 0 Å². The molecule has 26 heavy (non-hydrogen) atoms. The molecule has 0 spiro atoms. The molecule has 0 saturated heterocycles. The molecule has 6 heteroatoms. The first kappa shape index (κ1) is 17.2. The van der Waals surface area contributed by atoms with Gasteiger partial charge >= 0.3 is 0 Å². The number of nitrogens with one attached hydrogen (secondary N) is 2. The van der Waals surface area contributed by atoms with Crippen molar-refractivity contribution in [2.75, 3.05) is 16.4 Å². The summed E-state index contributed by atoms with van der Waals surface area (Å²) in [6.45, 7) is 1.44. The minimum absolute atomic E-state index is 0.147. The number of nitrogen functional groups attached to an aromatic ring is 1. The number of hydrogen-bond donors (Lipinski definition) is 3. The molecule has 0 unspecified atom stereocenters. The molecular formula is C20H18N4O2. The van der Waals surface area contributed by atoms with Gasteiger partial charge in [0.1, 0.15) is 0 Å². The summed E-state index contributed by atoms with van der Waals surface area (Å²) >= 11 is 0. The van der Waals surface area contributed by atoms with Crippen molar-refractivity contribution in [2.24, 2.45) is 0 Å². The van der Waals surface area contributed by atoms with Crippen LogP contribution in [0.2, 0.25) is 0 Å². The second kappa shape index (κ2) is 7.48. The predicted molar refractivity (Wildman–Crippen MR) is 103 cm³/mol. The summed E-state index contributed by atoms with van der Waals surface area (Å²) in [7, 11) is 0. The molecule has 0 aliphatic carbocycles. The lowest BCUT2D eigenvalue weighted by molar-refractivity contribution is -0.114. The summed E-state index contributed by atoms with van der Waals surface area (Å²) in [6.07, 6.45) is 3.20. The lowest BCUT2D eigenvalue weighted by Crippen LogP contribution is -2.12. The van der Waals surface area contributed by atoms with E-state index in [1.54, 1.807) is 42.6 Å². The maximum atomic E-state index is 12.5. The third kappa shape index (κ3) is 4.24. The number of anilines is 3. The van der Waals surface area contributed by atoms with Gasteiger partial charge in [-0.2, -0.15) is 0 Å². The van der Waals surface area contributed by atoms with E-state index in [2.05, 4.69) is 15.6 Å². The van der Waals surface area contributed by atoms with E-state index in [0.29, 0.717) is 22.6 Å². The van der Waals surface area contributed by atoms with Crippen LogP contribution in [0.15, 0.2) is 67.0 Å². The third-order valence-electron chi connectivity index (χ3n) is 3.68. The predicted octanol–water partition coefficient (Wildman–Crippen LogP) is 3.54. The molecule has 130 valence electrons. The van der Waals surface area contributed by atoms with Crippen molar-refractivity contribution in [3.05, 3.63) is 72.6 Å². The highest BCUT2D eigenvalue weighted by Crippen LogP contribution is 2.22. The molecule has 2 amide bonds. The molecule has 0 saturated carbocycles. The Hall–Kier alpha value is -3.67. The van der Waals surface area contributed by atoms with Crippen molar-refractivity contribution in [3.8, 4) is 11.1 Å². The normalized spacial score (nSPS) is 10.2. The van der Waals surface area contributed by atoms with Gasteiger partial charge in [0, 0.05) is 41.9 Å². The molecule has 0 aliphatic heterocycles. The molecule has 1 heterocycles. The van der Waals surface area contributed by atoms with Crippen LogP contribution in [0.25, 0.3) is 11.1 Å². The maximum Gasteiger partial charge on any atom is 0.257 e. The lowest BCUT2D eigenvalue weighted by Gasteiger charge is -2.08. The number of hydrogen-bond acceptors (Lipinski definition) is 4. The average Bonchev–Trinajstić information content (AvgIpc) is 2.63. The monoisotopic (exact) mass is 346 g/mol. The van der Waals surface area contributed by atoms with Crippen molar-refractivity contribution < 1.29 is 9.59 Å². The van der Waals surface area contributed by atoms with Crippen LogP contribution in [0.1, 0.15) is 17.3 Å². The van der Waals surface area contributed by atoms with Gasteiger partial charge in [-0.3, -0.25) is 14.6 Å². The van der Waals surface area contributed by atoms with Gasteiger partial charge in [0.05, 0.1) is 5.56 Å². The third-order valence-corrected chi connectivity index (χ3v) is 3.68. The Balaban J connectivity index is 1.76. The SMILES string of the molecule is CC(=O)Nc1ccc(NC(=O)c2cncc(-c3cccc(N)c3)c2)cc1. The zero-order chi connectivity index (χ0) is 18.5. The number of rotatable bonds is 4. The van der Waals surface area contributed by atoms with Gasteiger partial charge in [-0.15, -0.1) is 0 Å². The Bertz CT molecular complexity index is 952. The Morgan fingerprint density at radius 3 is 2.23 bits per heavy atom. The zero-order valence-corrected chi connectivity index (χ0v) is 14.2. The van der Waals surface area contributed by atoms with Gasteiger partial charge in [-0.05, 0) is 48.0 Å². The maximum absolute atomic E-state index is 12.5. The summed E-state index contributed by atoms with van der Waals surface area (Å²) in [5.41, 5.74) is 9.90. The fourth-order valence-corrected chi connectivity index (χ4v) is 2.48. The molecule has 0 atom stereocenters. The summed E-state index contributed by atoms with van der Waals surface area (Å²) in [5, 5.41) is 5.49. The molecular weight excluding hydrogens is 328 g/mol. The molecule has 0 radical (unpaired) electrons. The molecule has 6 nitrogen and oxygen atoms in total. The summed E-state index contributed by atoms with van der Waals surface area (Å²) in [4.78, 5) is 27.7. The van der Waals surface area contributed by atoms with E-state index in [1.807, 2.05) is 18.2 Å². The lowest BCUT2D eigenvalue weighted by atomic mass is 10.1. The molecule has 0 fully saturated rings. The first-order valence-electron chi connectivity index (χ1n) is 8.01. The number of benzene rings is 2. The van der Waals surface area contributed by atoms with E-state index in [1.165, 1.54) is 13.1 Å². The van der Waals surface area contributed by atoms with Gasteiger partial charge in [-0.25, -0.2) is 0 Å². The van der Waals surface area contributed by atoms with E-state index in [-0.39, 0.29) is 11.8 Å². The quantitative estimate of drug-likeness (QED) is 0.629. The van der Waals surface area contributed by atoms with Gasteiger partial charge in [0.15, 0.2) is 0 Å². The summed E-state index contributed by atoms with van der Waals surface area (Å²) in [5.74, 6) is -0.415. The molecule has 0 aliphatic rings. The molecule has 1 aromatic heterocycles. The first-order chi connectivity index (χ1) is 12.5. The van der Waals surface area contributed by atoms with Crippen molar-refractivity contribution in [2.45, 2.75) is 6.92 Å². The van der Waals surface area contributed by atoms with Crippen LogP contribution in [0.5, 0.6) is 0 Å². The van der Waals surface area contributed by atoms with Crippen LogP contribution in [0, 0.1) is 0 Å². The van der Waals surface area contributed by atoms with Crippen molar-refractivity contribution in [1.82, 2.24) is 4.98 Å². The van der Waals surface area contributed by atoms with Crippen LogP contribution in [0.4, 0.5) is 17.1 Å². The van der Waals surface area contributed by atoms with E-state index in [9.17, 15) is 9.59 Å². The van der Waals surface area contributed by atoms with Gasteiger partial charge < -0.3 is 16.4 Å². The summed E-state index contributed by atoms with van der Waals surface area (Å²) < 4.78 is 0. The number of nitrogens with two attached hydrogens (primary N) is 1. The number of pyridine rings is 1. The number of amides is 2. The highest BCUT2D eigenvalue weighted by molar-refractivity contribution is 6.04. The van der Waals surface area contributed by atoms with Crippen LogP contribution in [0.3, 0.4) is 0 Å². The van der Waals surface area contributed by atoms with Gasteiger partial charge in [0.25, 0.3) is 5.91 Å².